The Balaban J connectivity index is 2.50. The molecule has 5 nitrogen and oxygen atoms in total. The summed E-state index contributed by atoms with van der Waals surface area (Å²) in [5.74, 6) is 6.78. The smallest absolute Gasteiger partial charge is 0.161 e. The van der Waals surface area contributed by atoms with E-state index in [1.807, 2.05) is 30.3 Å². The molecular weight excluding hydrogens is 216 g/mol. The van der Waals surface area contributed by atoms with Gasteiger partial charge in [0, 0.05) is 18.7 Å². The number of aliphatic hydroxyl groups is 1. The lowest BCUT2D eigenvalue weighted by molar-refractivity contribution is 0.277. The van der Waals surface area contributed by atoms with Crippen LogP contribution in [0.1, 0.15) is 5.69 Å². The Bertz CT molecular complexity index is 499. The van der Waals surface area contributed by atoms with Crippen LogP contribution in [0.5, 0.6) is 0 Å². The van der Waals surface area contributed by atoms with Crippen LogP contribution in [0.2, 0.25) is 0 Å². The fourth-order valence-electron chi connectivity index (χ4n) is 1.46. The number of hydrogen-bond acceptors (Lipinski definition) is 5. The molecule has 0 amide bonds. The van der Waals surface area contributed by atoms with Gasteiger partial charge in [-0.2, -0.15) is 0 Å². The van der Waals surface area contributed by atoms with Crippen LogP contribution in [0.4, 0.5) is 5.82 Å². The molecule has 0 aliphatic heterocycles. The first kappa shape index (κ1) is 11.5. The lowest BCUT2D eigenvalue weighted by Crippen LogP contribution is -2.26. The van der Waals surface area contributed by atoms with Gasteiger partial charge in [0.1, 0.15) is 5.82 Å². The molecule has 17 heavy (non-hydrogen) atoms. The van der Waals surface area contributed by atoms with Crippen molar-refractivity contribution in [2.75, 3.05) is 12.1 Å². The van der Waals surface area contributed by atoms with E-state index < -0.39 is 0 Å². The van der Waals surface area contributed by atoms with Gasteiger partial charge in [0.2, 0.25) is 0 Å². The average Bonchev–Trinajstić information content (AvgIpc) is 2.39. The molecule has 2 rings (SSSR count). The number of nitrogens with zero attached hydrogens (tertiary/aromatic N) is 3. The largest absolute Gasteiger partial charge is 0.390 e. The molecule has 0 saturated carbocycles. The average molecular weight is 230 g/mol. The summed E-state index contributed by atoms with van der Waals surface area (Å²) in [7, 11) is 1.69. The lowest BCUT2D eigenvalue weighted by atomic mass is 10.2. The van der Waals surface area contributed by atoms with E-state index >= 15 is 0 Å². The van der Waals surface area contributed by atoms with Crippen molar-refractivity contribution in [3.8, 4) is 11.4 Å². The topological polar surface area (TPSA) is 75.3 Å². The third-order valence-electron chi connectivity index (χ3n) is 2.32. The zero-order valence-electron chi connectivity index (χ0n) is 9.54. The number of hydrazine groups is 1. The van der Waals surface area contributed by atoms with Gasteiger partial charge in [-0.1, -0.05) is 30.3 Å². The standard InChI is InChI=1S/C12H14N4O/c1-16(13)11-7-10(8-17)14-12(15-11)9-5-3-2-4-6-9/h2-7,17H,8,13H2,1H3. The minimum atomic E-state index is -0.136. The molecule has 0 radical (unpaired) electrons. The fraction of sp³-hybridized carbons (Fsp3) is 0.167. The summed E-state index contributed by atoms with van der Waals surface area (Å²) in [4.78, 5) is 8.59. The molecule has 3 N–H and O–H groups in total. The van der Waals surface area contributed by atoms with Gasteiger partial charge in [0.25, 0.3) is 0 Å². The van der Waals surface area contributed by atoms with E-state index in [2.05, 4.69) is 9.97 Å². The van der Waals surface area contributed by atoms with Crippen molar-refractivity contribution in [1.29, 1.82) is 0 Å². The van der Waals surface area contributed by atoms with E-state index in [0.717, 1.165) is 5.56 Å². The van der Waals surface area contributed by atoms with Crippen LogP contribution in [-0.2, 0) is 6.61 Å². The molecule has 0 saturated heterocycles. The minimum Gasteiger partial charge on any atom is -0.390 e. The third-order valence-corrected chi connectivity index (χ3v) is 2.32. The highest BCUT2D eigenvalue weighted by atomic mass is 16.3. The van der Waals surface area contributed by atoms with Crippen molar-refractivity contribution in [3.05, 3.63) is 42.1 Å². The summed E-state index contributed by atoms with van der Waals surface area (Å²) in [6.45, 7) is -0.136. The van der Waals surface area contributed by atoms with Crippen molar-refractivity contribution >= 4 is 5.82 Å². The molecule has 5 heteroatoms. The summed E-state index contributed by atoms with van der Waals surface area (Å²) >= 11 is 0. The van der Waals surface area contributed by atoms with Gasteiger partial charge in [0.05, 0.1) is 12.3 Å². The second-order valence-corrected chi connectivity index (χ2v) is 3.68. The highest BCUT2D eigenvalue weighted by Crippen LogP contribution is 2.18. The van der Waals surface area contributed by atoms with Gasteiger partial charge in [-0.15, -0.1) is 0 Å². The fourth-order valence-corrected chi connectivity index (χ4v) is 1.46. The third kappa shape index (κ3) is 2.58. The Labute approximate surface area is 99.5 Å². The van der Waals surface area contributed by atoms with Gasteiger partial charge < -0.3 is 5.11 Å². The van der Waals surface area contributed by atoms with Crippen LogP contribution in [0.15, 0.2) is 36.4 Å². The second kappa shape index (κ2) is 4.90. The maximum absolute atomic E-state index is 9.17. The zero-order valence-corrected chi connectivity index (χ0v) is 9.54. The zero-order chi connectivity index (χ0) is 12.3. The number of rotatable bonds is 3. The summed E-state index contributed by atoms with van der Waals surface area (Å²) in [6, 6.07) is 11.2. The van der Waals surface area contributed by atoms with Gasteiger partial charge in [-0.05, 0) is 0 Å². The molecule has 0 aliphatic carbocycles. The SMILES string of the molecule is CN(N)c1cc(CO)nc(-c2ccccc2)n1. The van der Waals surface area contributed by atoms with E-state index in [9.17, 15) is 0 Å². The molecule has 0 atom stereocenters. The highest BCUT2D eigenvalue weighted by molar-refractivity contribution is 5.57. The minimum absolute atomic E-state index is 0.136. The van der Waals surface area contributed by atoms with Crippen LogP contribution in [0.25, 0.3) is 11.4 Å². The Morgan fingerprint density at radius 3 is 2.53 bits per heavy atom. The summed E-state index contributed by atoms with van der Waals surface area (Å²) in [6.07, 6.45) is 0. The number of aromatic nitrogens is 2. The van der Waals surface area contributed by atoms with Crippen molar-refractivity contribution in [2.24, 2.45) is 5.84 Å². The Morgan fingerprint density at radius 2 is 1.94 bits per heavy atom. The first-order valence-electron chi connectivity index (χ1n) is 5.23. The van der Waals surface area contributed by atoms with Gasteiger partial charge in [0.15, 0.2) is 5.82 Å². The molecule has 1 aromatic carbocycles. The number of anilines is 1. The van der Waals surface area contributed by atoms with E-state index in [-0.39, 0.29) is 6.61 Å². The summed E-state index contributed by atoms with van der Waals surface area (Å²) < 4.78 is 0. The molecule has 0 aliphatic rings. The van der Waals surface area contributed by atoms with E-state index in [1.54, 1.807) is 13.1 Å². The monoisotopic (exact) mass is 230 g/mol. The van der Waals surface area contributed by atoms with Crippen molar-refractivity contribution in [2.45, 2.75) is 6.61 Å². The molecule has 1 aromatic heterocycles. The summed E-state index contributed by atoms with van der Waals surface area (Å²) in [5.41, 5.74) is 1.44. The van der Waals surface area contributed by atoms with Gasteiger partial charge >= 0.3 is 0 Å². The van der Waals surface area contributed by atoms with Crippen molar-refractivity contribution < 1.29 is 5.11 Å². The van der Waals surface area contributed by atoms with Gasteiger partial charge in [-0.3, -0.25) is 5.01 Å². The second-order valence-electron chi connectivity index (χ2n) is 3.68. The van der Waals surface area contributed by atoms with E-state index in [1.165, 1.54) is 5.01 Å². The maximum Gasteiger partial charge on any atom is 0.161 e. The van der Waals surface area contributed by atoms with Crippen LogP contribution >= 0.6 is 0 Å². The Hall–Kier alpha value is -1.98. The molecule has 88 valence electrons. The predicted molar refractivity (Wildman–Crippen MR) is 66.0 cm³/mol. The Morgan fingerprint density at radius 1 is 1.24 bits per heavy atom. The predicted octanol–water partition coefficient (Wildman–Crippen LogP) is 0.946. The quantitative estimate of drug-likeness (QED) is 0.606. The molecule has 0 fully saturated rings. The number of nitrogens with two attached hydrogens (primary N) is 1. The van der Waals surface area contributed by atoms with Gasteiger partial charge in [-0.25, -0.2) is 15.8 Å². The number of benzene rings is 1. The van der Waals surface area contributed by atoms with Crippen molar-refractivity contribution in [1.82, 2.24) is 9.97 Å². The molecular formula is C12H14N4O. The molecule has 0 bridgehead atoms. The van der Waals surface area contributed by atoms with Crippen LogP contribution in [0.3, 0.4) is 0 Å². The first-order valence-corrected chi connectivity index (χ1v) is 5.23. The van der Waals surface area contributed by atoms with Crippen LogP contribution in [-0.4, -0.2) is 22.1 Å². The van der Waals surface area contributed by atoms with E-state index in [0.29, 0.717) is 17.3 Å². The van der Waals surface area contributed by atoms with Crippen LogP contribution < -0.4 is 10.9 Å². The first-order chi connectivity index (χ1) is 8.20. The van der Waals surface area contributed by atoms with Crippen molar-refractivity contribution in [3.63, 3.8) is 0 Å². The summed E-state index contributed by atoms with van der Waals surface area (Å²) in [5, 5.41) is 10.6. The molecule has 0 unspecified atom stereocenters. The Kier molecular flexibility index (Phi) is 3.32. The lowest BCUT2D eigenvalue weighted by Gasteiger charge is -2.13. The number of aliphatic hydroxyl groups excluding tert-OH is 1. The number of hydrogen-bond donors (Lipinski definition) is 2. The maximum atomic E-state index is 9.17. The molecule has 2 aromatic rings. The molecule has 0 spiro atoms. The molecule has 1 heterocycles. The normalized spacial score (nSPS) is 10.3. The van der Waals surface area contributed by atoms with E-state index in [4.69, 9.17) is 10.9 Å². The highest BCUT2D eigenvalue weighted by Gasteiger charge is 2.07. The van der Waals surface area contributed by atoms with Crippen LogP contribution in [0, 0.1) is 0 Å².